The summed E-state index contributed by atoms with van der Waals surface area (Å²) >= 11 is 5.07. The fraction of sp³-hybridized carbons (Fsp3) is 0.571. The van der Waals surface area contributed by atoms with Gasteiger partial charge in [0.05, 0.1) is 0 Å². The van der Waals surface area contributed by atoms with E-state index in [2.05, 4.69) is 20.9 Å². The lowest BCUT2D eigenvalue weighted by atomic mass is 10.1. The number of hydrogen-bond donors (Lipinski definition) is 1. The molecule has 0 bridgehead atoms. The Bertz CT molecular complexity index is 464. The van der Waals surface area contributed by atoms with Crippen LogP contribution in [-0.2, 0) is 6.54 Å². The molecule has 1 saturated heterocycles. The van der Waals surface area contributed by atoms with Gasteiger partial charge in [-0.1, -0.05) is 18.3 Å². The third kappa shape index (κ3) is 3.11. The monoisotopic (exact) mass is 276 g/mol. The SMILES string of the molecule is NC(=S)c1ncccc1CN1CCN(C2CC2)CC1. The highest BCUT2D eigenvalue weighted by molar-refractivity contribution is 7.80. The van der Waals surface area contributed by atoms with Gasteiger partial charge in [0.15, 0.2) is 0 Å². The summed E-state index contributed by atoms with van der Waals surface area (Å²) in [4.78, 5) is 9.78. The van der Waals surface area contributed by atoms with E-state index in [1.54, 1.807) is 6.20 Å². The highest BCUT2D eigenvalue weighted by Crippen LogP contribution is 2.27. The molecule has 2 fully saturated rings. The summed E-state index contributed by atoms with van der Waals surface area (Å²) in [6.45, 7) is 5.53. The molecule has 102 valence electrons. The zero-order valence-corrected chi connectivity index (χ0v) is 11.9. The molecular formula is C14H20N4S. The quantitative estimate of drug-likeness (QED) is 0.831. The number of hydrogen-bond acceptors (Lipinski definition) is 4. The molecular weight excluding hydrogens is 256 g/mol. The first kappa shape index (κ1) is 13.0. The Morgan fingerprint density at radius 1 is 1.32 bits per heavy atom. The molecule has 4 nitrogen and oxygen atoms in total. The van der Waals surface area contributed by atoms with Crippen LogP contribution in [0.15, 0.2) is 18.3 Å². The standard InChI is InChI=1S/C14H20N4S/c15-14(19)13-11(2-1-5-16-13)10-17-6-8-18(9-7-17)12-3-4-12/h1-2,5,12H,3-4,6-10H2,(H2,15,19). The first-order chi connectivity index (χ1) is 9.24. The van der Waals surface area contributed by atoms with Crippen molar-refractivity contribution in [2.45, 2.75) is 25.4 Å². The van der Waals surface area contributed by atoms with Crippen molar-refractivity contribution in [1.29, 1.82) is 0 Å². The minimum atomic E-state index is 0.396. The van der Waals surface area contributed by atoms with E-state index in [9.17, 15) is 0 Å². The molecule has 1 aromatic heterocycles. The first-order valence-electron chi connectivity index (χ1n) is 6.94. The van der Waals surface area contributed by atoms with E-state index in [0.717, 1.165) is 36.9 Å². The Morgan fingerprint density at radius 2 is 2.05 bits per heavy atom. The largest absolute Gasteiger partial charge is 0.388 e. The molecule has 0 amide bonds. The van der Waals surface area contributed by atoms with Gasteiger partial charge in [0.1, 0.15) is 10.7 Å². The van der Waals surface area contributed by atoms with Gasteiger partial charge in [-0.2, -0.15) is 0 Å². The summed E-state index contributed by atoms with van der Waals surface area (Å²) in [5.41, 5.74) is 7.66. The van der Waals surface area contributed by atoms with Crippen LogP contribution in [0.2, 0.25) is 0 Å². The number of aromatic nitrogens is 1. The van der Waals surface area contributed by atoms with Crippen molar-refractivity contribution < 1.29 is 0 Å². The maximum absolute atomic E-state index is 5.73. The van der Waals surface area contributed by atoms with Gasteiger partial charge in [0, 0.05) is 45.0 Å². The Morgan fingerprint density at radius 3 is 2.68 bits per heavy atom. The second kappa shape index (κ2) is 5.53. The van der Waals surface area contributed by atoms with Crippen molar-refractivity contribution in [3.63, 3.8) is 0 Å². The molecule has 0 spiro atoms. The van der Waals surface area contributed by atoms with Crippen LogP contribution >= 0.6 is 12.2 Å². The van der Waals surface area contributed by atoms with Crippen LogP contribution in [-0.4, -0.2) is 52.0 Å². The van der Waals surface area contributed by atoms with E-state index in [1.165, 1.54) is 25.9 Å². The molecule has 1 aliphatic heterocycles. The fourth-order valence-corrected chi connectivity index (χ4v) is 2.94. The number of rotatable bonds is 4. The Balaban J connectivity index is 1.61. The third-order valence-electron chi connectivity index (χ3n) is 3.99. The van der Waals surface area contributed by atoms with Crippen molar-refractivity contribution in [1.82, 2.24) is 14.8 Å². The van der Waals surface area contributed by atoms with Gasteiger partial charge in [0.25, 0.3) is 0 Å². The fourth-order valence-electron chi connectivity index (χ4n) is 2.76. The van der Waals surface area contributed by atoms with Crippen LogP contribution in [0, 0.1) is 0 Å². The maximum Gasteiger partial charge on any atom is 0.123 e. The average Bonchev–Trinajstić information content (AvgIpc) is 3.24. The van der Waals surface area contributed by atoms with Crippen LogP contribution in [0.4, 0.5) is 0 Å². The van der Waals surface area contributed by atoms with Crippen molar-refractivity contribution in [2.75, 3.05) is 26.2 Å². The number of thiocarbonyl (C=S) groups is 1. The van der Waals surface area contributed by atoms with Crippen molar-refractivity contribution in [2.24, 2.45) is 5.73 Å². The predicted octanol–water partition coefficient (Wildman–Crippen LogP) is 0.996. The smallest absolute Gasteiger partial charge is 0.123 e. The van der Waals surface area contributed by atoms with E-state index in [-0.39, 0.29) is 0 Å². The third-order valence-corrected chi connectivity index (χ3v) is 4.18. The van der Waals surface area contributed by atoms with Gasteiger partial charge in [-0.25, -0.2) is 0 Å². The van der Waals surface area contributed by atoms with E-state index < -0.39 is 0 Å². The Kier molecular flexibility index (Phi) is 3.77. The molecule has 0 aromatic carbocycles. The molecule has 1 aromatic rings. The second-order valence-corrected chi connectivity index (χ2v) is 5.86. The number of nitrogens with zero attached hydrogens (tertiary/aromatic N) is 3. The van der Waals surface area contributed by atoms with E-state index >= 15 is 0 Å². The number of nitrogens with two attached hydrogens (primary N) is 1. The minimum Gasteiger partial charge on any atom is -0.388 e. The molecule has 0 atom stereocenters. The van der Waals surface area contributed by atoms with Gasteiger partial charge in [0.2, 0.25) is 0 Å². The topological polar surface area (TPSA) is 45.4 Å². The van der Waals surface area contributed by atoms with Crippen molar-refractivity contribution >= 4 is 17.2 Å². The van der Waals surface area contributed by atoms with Crippen LogP contribution < -0.4 is 5.73 Å². The second-order valence-electron chi connectivity index (χ2n) is 5.42. The molecule has 5 heteroatoms. The summed E-state index contributed by atoms with van der Waals surface area (Å²) in [5, 5.41) is 0. The van der Waals surface area contributed by atoms with Crippen LogP contribution in [0.3, 0.4) is 0 Å². The summed E-state index contributed by atoms with van der Waals surface area (Å²) in [6, 6.07) is 4.92. The van der Waals surface area contributed by atoms with Gasteiger partial charge in [-0.3, -0.25) is 14.8 Å². The number of piperazine rings is 1. The van der Waals surface area contributed by atoms with Crippen LogP contribution in [0.1, 0.15) is 24.1 Å². The average molecular weight is 276 g/mol. The van der Waals surface area contributed by atoms with Crippen LogP contribution in [0.5, 0.6) is 0 Å². The molecule has 0 radical (unpaired) electrons. The van der Waals surface area contributed by atoms with E-state index in [4.69, 9.17) is 18.0 Å². The molecule has 3 rings (SSSR count). The maximum atomic E-state index is 5.73. The number of pyridine rings is 1. The lowest BCUT2D eigenvalue weighted by molar-refractivity contribution is 0.121. The molecule has 2 aliphatic rings. The summed E-state index contributed by atoms with van der Waals surface area (Å²) < 4.78 is 0. The highest BCUT2D eigenvalue weighted by atomic mass is 32.1. The molecule has 0 unspecified atom stereocenters. The summed E-state index contributed by atoms with van der Waals surface area (Å²) in [6.07, 6.45) is 4.55. The van der Waals surface area contributed by atoms with Crippen LogP contribution in [0.25, 0.3) is 0 Å². The lowest BCUT2D eigenvalue weighted by Crippen LogP contribution is -2.46. The minimum absolute atomic E-state index is 0.396. The van der Waals surface area contributed by atoms with Crippen molar-refractivity contribution in [3.8, 4) is 0 Å². The zero-order valence-electron chi connectivity index (χ0n) is 11.1. The molecule has 2 heterocycles. The normalized spacial score (nSPS) is 21.5. The Hall–Kier alpha value is -1.04. The highest BCUT2D eigenvalue weighted by Gasteiger charge is 2.31. The predicted molar refractivity (Wildman–Crippen MR) is 80.0 cm³/mol. The van der Waals surface area contributed by atoms with Gasteiger partial charge in [-0.05, 0) is 24.5 Å². The summed E-state index contributed by atoms with van der Waals surface area (Å²) in [5.74, 6) is 0. The molecule has 2 N–H and O–H groups in total. The Labute approximate surface area is 119 Å². The molecule has 1 aliphatic carbocycles. The van der Waals surface area contributed by atoms with Gasteiger partial charge >= 0.3 is 0 Å². The molecule has 1 saturated carbocycles. The van der Waals surface area contributed by atoms with Crippen molar-refractivity contribution in [3.05, 3.63) is 29.6 Å². The zero-order chi connectivity index (χ0) is 13.2. The first-order valence-corrected chi connectivity index (χ1v) is 7.35. The van der Waals surface area contributed by atoms with E-state index in [0.29, 0.717) is 4.99 Å². The molecule has 19 heavy (non-hydrogen) atoms. The van der Waals surface area contributed by atoms with E-state index in [1.807, 2.05) is 6.07 Å². The summed E-state index contributed by atoms with van der Waals surface area (Å²) in [7, 11) is 0. The van der Waals surface area contributed by atoms with Gasteiger partial charge in [-0.15, -0.1) is 0 Å². The van der Waals surface area contributed by atoms with Gasteiger partial charge < -0.3 is 5.73 Å². The lowest BCUT2D eigenvalue weighted by Gasteiger charge is -2.35.